The maximum Gasteiger partial charge on any atom is 0.410 e. The molecule has 0 aliphatic carbocycles. The van der Waals surface area contributed by atoms with E-state index in [0.29, 0.717) is 5.75 Å². The van der Waals surface area contributed by atoms with Gasteiger partial charge in [0.1, 0.15) is 5.01 Å². The van der Waals surface area contributed by atoms with Crippen molar-refractivity contribution in [3.05, 3.63) is 35.5 Å². The molecule has 1 saturated heterocycles. The van der Waals surface area contributed by atoms with Gasteiger partial charge in [-0.05, 0) is 38.0 Å². The number of aromatic nitrogens is 2. The Morgan fingerprint density at radius 1 is 1.39 bits per heavy atom. The van der Waals surface area contributed by atoms with Crippen LogP contribution in [0.1, 0.15) is 25.5 Å². The van der Waals surface area contributed by atoms with Crippen LogP contribution in [0.5, 0.6) is 5.75 Å². The van der Waals surface area contributed by atoms with Crippen molar-refractivity contribution < 1.29 is 14.6 Å². The number of likely N-dealkylation sites (tertiary alicyclic amines) is 1. The van der Waals surface area contributed by atoms with Crippen molar-refractivity contribution in [2.75, 3.05) is 13.1 Å². The molecule has 3 N–H and O–H groups in total. The van der Waals surface area contributed by atoms with Crippen LogP contribution in [0, 0.1) is 0 Å². The molecule has 1 aliphatic heterocycles. The number of rotatable bonds is 5. The third-order valence-corrected chi connectivity index (χ3v) is 6.08. The molecule has 3 aromatic rings. The lowest BCUT2D eigenvalue weighted by Gasteiger charge is -2.28. The minimum atomic E-state index is -0.816. The van der Waals surface area contributed by atoms with Crippen LogP contribution in [0.4, 0.5) is 4.79 Å². The van der Waals surface area contributed by atoms with Crippen LogP contribution in [-0.2, 0) is 13.1 Å². The highest BCUT2D eigenvalue weighted by molar-refractivity contribution is 7.13. The first-order valence-electron chi connectivity index (χ1n) is 9.49. The molecule has 148 valence electrons. The maximum atomic E-state index is 11.2. The van der Waals surface area contributed by atoms with Gasteiger partial charge in [-0.15, -0.1) is 11.3 Å². The van der Waals surface area contributed by atoms with Gasteiger partial charge in [0.2, 0.25) is 0 Å². The maximum absolute atomic E-state index is 11.2. The van der Waals surface area contributed by atoms with Crippen molar-refractivity contribution in [1.29, 1.82) is 0 Å². The number of hydrogen-bond donors (Lipinski definition) is 2. The molecule has 4 rings (SSSR count). The summed E-state index contributed by atoms with van der Waals surface area (Å²) in [6.07, 6.45) is 2.47. The van der Waals surface area contributed by atoms with Gasteiger partial charge in [0.15, 0.2) is 5.75 Å². The summed E-state index contributed by atoms with van der Waals surface area (Å²) in [4.78, 5) is 18.4. The first-order chi connectivity index (χ1) is 13.5. The highest BCUT2D eigenvalue weighted by atomic mass is 32.1. The van der Waals surface area contributed by atoms with Crippen molar-refractivity contribution in [3.63, 3.8) is 0 Å². The molecule has 1 fully saturated rings. The van der Waals surface area contributed by atoms with Gasteiger partial charge in [-0.25, -0.2) is 9.78 Å². The number of amides is 1. The third kappa shape index (κ3) is 3.89. The van der Waals surface area contributed by atoms with E-state index in [4.69, 9.17) is 15.5 Å². The molecule has 1 aromatic carbocycles. The minimum absolute atomic E-state index is 0.166. The molecule has 0 saturated carbocycles. The molecule has 0 atom stereocenters. The van der Waals surface area contributed by atoms with Gasteiger partial charge < -0.3 is 20.1 Å². The fourth-order valence-corrected chi connectivity index (χ4v) is 4.48. The zero-order valence-electron chi connectivity index (χ0n) is 15.8. The third-order valence-electron chi connectivity index (χ3n) is 5.14. The lowest BCUT2D eigenvalue weighted by atomic mass is 10.1. The molecular formula is C20H24N4O3S. The number of benzene rings is 1. The smallest absolute Gasteiger partial charge is 0.408 e. The summed E-state index contributed by atoms with van der Waals surface area (Å²) < 4.78 is 7.21. The van der Waals surface area contributed by atoms with Crippen molar-refractivity contribution >= 4 is 28.3 Å². The van der Waals surface area contributed by atoms with E-state index in [2.05, 4.69) is 10.3 Å². The number of aliphatic hydroxyl groups excluding tert-OH is 1. The number of aliphatic hydroxyl groups is 1. The Hall–Kier alpha value is -2.42. The number of carbonyl (C=O) groups is 1. The van der Waals surface area contributed by atoms with E-state index in [1.54, 1.807) is 17.5 Å². The van der Waals surface area contributed by atoms with Crippen molar-refractivity contribution in [3.8, 4) is 16.3 Å². The molecular weight excluding hydrogens is 376 g/mol. The van der Waals surface area contributed by atoms with Crippen LogP contribution < -0.4 is 10.5 Å². The Balaban J connectivity index is 1.59. The summed E-state index contributed by atoms with van der Waals surface area (Å²) in [5.41, 5.74) is 8.23. The normalized spacial score (nSPS) is 15.9. The standard InChI is InChI=1S/C20H24N4O3S/c1-2-24-11-18(27-20(21)26)16-9-13(3-4-17(16)24)19-22-14(12-28-19)10-23-7-5-15(25)6-8-23/h3-4,9,11-12,15,25H,2,5-8,10H2,1H3,(H2,21,26). The lowest BCUT2D eigenvalue weighted by Crippen LogP contribution is -2.35. The Morgan fingerprint density at radius 3 is 2.89 bits per heavy atom. The fourth-order valence-electron chi connectivity index (χ4n) is 3.67. The average molecular weight is 401 g/mol. The summed E-state index contributed by atoms with van der Waals surface area (Å²) >= 11 is 1.61. The summed E-state index contributed by atoms with van der Waals surface area (Å²) in [6, 6.07) is 6.07. The van der Waals surface area contributed by atoms with E-state index in [-0.39, 0.29) is 6.10 Å². The summed E-state index contributed by atoms with van der Waals surface area (Å²) in [7, 11) is 0. The predicted molar refractivity (Wildman–Crippen MR) is 109 cm³/mol. The SMILES string of the molecule is CCn1cc(OC(N)=O)c2cc(-c3nc(CN4CCC(O)CC4)cs3)ccc21. The molecule has 7 nitrogen and oxygen atoms in total. The second-order valence-electron chi connectivity index (χ2n) is 7.08. The topological polar surface area (TPSA) is 93.6 Å². The first-order valence-corrected chi connectivity index (χ1v) is 10.4. The highest BCUT2D eigenvalue weighted by Gasteiger charge is 2.18. The van der Waals surface area contributed by atoms with Gasteiger partial charge in [0, 0.05) is 48.7 Å². The summed E-state index contributed by atoms with van der Waals surface area (Å²) in [6.45, 7) is 5.41. The summed E-state index contributed by atoms with van der Waals surface area (Å²) in [5, 5.41) is 13.5. The number of piperidine rings is 1. The van der Waals surface area contributed by atoms with Crippen molar-refractivity contribution in [1.82, 2.24) is 14.5 Å². The Morgan fingerprint density at radius 2 is 2.18 bits per heavy atom. The summed E-state index contributed by atoms with van der Waals surface area (Å²) in [5.74, 6) is 0.467. The van der Waals surface area contributed by atoms with Gasteiger partial charge in [-0.2, -0.15) is 0 Å². The van der Waals surface area contributed by atoms with Crippen LogP contribution >= 0.6 is 11.3 Å². The zero-order chi connectivity index (χ0) is 19.7. The second kappa shape index (κ2) is 7.90. The van der Waals surface area contributed by atoms with Gasteiger partial charge in [0.25, 0.3) is 0 Å². The molecule has 1 amide bonds. The average Bonchev–Trinajstić information content (AvgIpc) is 3.28. The van der Waals surface area contributed by atoms with Gasteiger partial charge in [-0.3, -0.25) is 4.90 Å². The van der Waals surface area contributed by atoms with E-state index in [1.165, 1.54) is 0 Å². The monoisotopic (exact) mass is 400 g/mol. The Bertz CT molecular complexity index is 989. The predicted octanol–water partition coefficient (Wildman–Crippen LogP) is 3.20. The number of ether oxygens (including phenoxy) is 1. The number of thiazole rings is 1. The number of fused-ring (bicyclic) bond motifs is 1. The Kier molecular flexibility index (Phi) is 5.34. The number of nitrogens with zero attached hydrogens (tertiary/aromatic N) is 3. The molecule has 0 bridgehead atoms. The zero-order valence-corrected chi connectivity index (χ0v) is 16.6. The minimum Gasteiger partial charge on any atom is -0.408 e. The van der Waals surface area contributed by atoms with Crippen LogP contribution in [0.15, 0.2) is 29.8 Å². The van der Waals surface area contributed by atoms with E-state index >= 15 is 0 Å². The Labute approximate surface area is 167 Å². The van der Waals surface area contributed by atoms with Crippen molar-refractivity contribution in [2.24, 2.45) is 5.73 Å². The van der Waals surface area contributed by atoms with E-state index < -0.39 is 6.09 Å². The first kappa shape index (κ1) is 18.9. The number of carbonyl (C=O) groups excluding carboxylic acids is 1. The lowest BCUT2D eigenvalue weighted by molar-refractivity contribution is 0.0787. The number of primary amides is 1. The molecule has 0 radical (unpaired) electrons. The number of aryl methyl sites for hydroxylation is 1. The van der Waals surface area contributed by atoms with Crippen LogP contribution in [0.3, 0.4) is 0 Å². The molecule has 28 heavy (non-hydrogen) atoms. The number of nitrogens with two attached hydrogens (primary N) is 1. The van der Waals surface area contributed by atoms with Crippen LogP contribution in [0.2, 0.25) is 0 Å². The largest absolute Gasteiger partial charge is 0.410 e. The van der Waals surface area contributed by atoms with E-state index in [1.807, 2.05) is 29.7 Å². The molecule has 1 aliphatic rings. The van der Waals surface area contributed by atoms with Crippen LogP contribution in [0.25, 0.3) is 21.5 Å². The molecule has 3 heterocycles. The molecule has 0 unspecified atom stereocenters. The van der Waals surface area contributed by atoms with Crippen LogP contribution in [-0.4, -0.2) is 44.8 Å². The quantitative estimate of drug-likeness (QED) is 0.686. The van der Waals surface area contributed by atoms with Gasteiger partial charge in [-0.1, -0.05) is 0 Å². The van der Waals surface area contributed by atoms with Crippen molar-refractivity contribution in [2.45, 2.75) is 39.0 Å². The van der Waals surface area contributed by atoms with E-state index in [0.717, 1.165) is 66.2 Å². The highest BCUT2D eigenvalue weighted by Crippen LogP contribution is 2.33. The van der Waals surface area contributed by atoms with Gasteiger partial charge in [0.05, 0.1) is 17.3 Å². The molecule has 0 spiro atoms. The number of hydrogen-bond acceptors (Lipinski definition) is 6. The fraction of sp³-hybridized carbons (Fsp3) is 0.400. The molecule has 8 heteroatoms. The molecule has 2 aromatic heterocycles. The van der Waals surface area contributed by atoms with E-state index in [9.17, 15) is 9.90 Å². The van der Waals surface area contributed by atoms with Gasteiger partial charge >= 0.3 is 6.09 Å². The second-order valence-corrected chi connectivity index (χ2v) is 7.94.